The van der Waals surface area contributed by atoms with Gasteiger partial charge in [-0.25, -0.2) is 0 Å². The van der Waals surface area contributed by atoms with Gasteiger partial charge in [0, 0.05) is 20.1 Å². The van der Waals surface area contributed by atoms with Crippen molar-refractivity contribution < 1.29 is 13.2 Å². The summed E-state index contributed by atoms with van der Waals surface area (Å²) in [5, 5.41) is 3.30. The Hall–Kier alpha value is -0.250. The number of hydrogen-bond donors (Lipinski definition) is 1. The number of aliphatic imine (C=N–C) groups is 1. The van der Waals surface area contributed by atoms with Crippen molar-refractivity contribution in [2.75, 3.05) is 46.3 Å². The Balaban J connectivity index is 0.00000200. The molecule has 2 rings (SSSR count). The van der Waals surface area contributed by atoms with Crippen LogP contribution in [0.5, 0.6) is 0 Å². The molecule has 0 aromatic rings. The van der Waals surface area contributed by atoms with Crippen LogP contribution in [0.4, 0.5) is 13.2 Å². The van der Waals surface area contributed by atoms with Crippen LogP contribution in [0.3, 0.4) is 0 Å². The van der Waals surface area contributed by atoms with E-state index in [-0.39, 0.29) is 24.0 Å². The molecule has 2 heterocycles. The highest BCUT2D eigenvalue weighted by atomic mass is 127. The Morgan fingerprint density at radius 1 is 1.25 bits per heavy atom. The predicted molar refractivity (Wildman–Crippen MR) is 83.6 cm³/mol. The normalized spacial score (nSPS) is 21.6. The van der Waals surface area contributed by atoms with Gasteiger partial charge in [-0.15, -0.1) is 24.0 Å². The third kappa shape index (κ3) is 5.63. The smallest absolute Gasteiger partial charge is 0.356 e. The van der Waals surface area contributed by atoms with E-state index in [1.807, 2.05) is 7.05 Å². The summed E-state index contributed by atoms with van der Waals surface area (Å²) in [6.45, 7) is 2.86. The number of nitrogens with one attached hydrogen (secondary N) is 1. The van der Waals surface area contributed by atoms with Crippen molar-refractivity contribution in [1.82, 2.24) is 15.1 Å². The third-order valence-corrected chi connectivity index (χ3v) is 3.72. The third-order valence-electron chi connectivity index (χ3n) is 3.72. The Kier molecular flexibility index (Phi) is 6.83. The molecule has 2 aliphatic heterocycles. The number of alkyl halides is 3. The number of hydrogen-bond acceptors (Lipinski definition) is 4. The van der Waals surface area contributed by atoms with Gasteiger partial charge in [-0.05, 0) is 31.8 Å². The van der Waals surface area contributed by atoms with Crippen molar-refractivity contribution >= 4 is 29.9 Å². The molecule has 1 fully saturated rings. The fourth-order valence-electron chi connectivity index (χ4n) is 2.56. The van der Waals surface area contributed by atoms with Crippen LogP contribution in [0.25, 0.3) is 0 Å². The van der Waals surface area contributed by atoms with Gasteiger partial charge in [0.2, 0.25) is 0 Å². The fraction of sp³-hybridized carbons (Fsp3) is 0.917. The first kappa shape index (κ1) is 17.8. The van der Waals surface area contributed by atoms with Gasteiger partial charge < -0.3 is 10.2 Å². The zero-order valence-electron chi connectivity index (χ0n) is 11.6. The van der Waals surface area contributed by atoms with Crippen LogP contribution < -0.4 is 5.32 Å². The van der Waals surface area contributed by atoms with Gasteiger partial charge in [0.05, 0.1) is 13.1 Å². The Labute approximate surface area is 134 Å². The second-order valence-corrected chi connectivity index (χ2v) is 5.34. The lowest BCUT2D eigenvalue weighted by Gasteiger charge is -2.32. The van der Waals surface area contributed by atoms with Crippen LogP contribution in [0, 0.1) is 5.92 Å². The van der Waals surface area contributed by atoms with Crippen molar-refractivity contribution in [3.63, 3.8) is 0 Å². The SMILES string of the molecule is CN1CCN=C1NCC1CCN(CC(F)(F)F)CC1.I. The first-order valence-corrected chi connectivity index (χ1v) is 6.72. The summed E-state index contributed by atoms with van der Waals surface area (Å²) in [4.78, 5) is 7.90. The minimum atomic E-state index is -4.08. The van der Waals surface area contributed by atoms with Crippen molar-refractivity contribution in [2.24, 2.45) is 10.9 Å². The van der Waals surface area contributed by atoms with Crippen LogP contribution in [0.2, 0.25) is 0 Å². The lowest BCUT2D eigenvalue weighted by Crippen LogP contribution is -2.44. The van der Waals surface area contributed by atoms with Crippen LogP contribution in [0.1, 0.15) is 12.8 Å². The van der Waals surface area contributed by atoms with E-state index in [4.69, 9.17) is 0 Å². The van der Waals surface area contributed by atoms with E-state index in [2.05, 4.69) is 15.2 Å². The van der Waals surface area contributed by atoms with Gasteiger partial charge in [-0.3, -0.25) is 9.89 Å². The van der Waals surface area contributed by atoms with Gasteiger partial charge in [0.25, 0.3) is 0 Å². The minimum absolute atomic E-state index is 0. The highest BCUT2D eigenvalue weighted by Crippen LogP contribution is 2.22. The van der Waals surface area contributed by atoms with E-state index in [0.717, 1.165) is 38.4 Å². The molecule has 0 spiro atoms. The summed E-state index contributed by atoms with van der Waals surface area (Å²) in [7, 11) is 1.99. The largest absolute Gasteiger partial charge is 0.401 e. The number of rotatable bonds is 3. The minimum Gasteiger partial charge on any atom is -0.356 e. The summed E-state index contributed by atoms with van der Waals surface area (Å²) < 4.78 is 36.8. The highest BCUT2D eigenvalue weighted by Gasteiger charge is 2.32. The molecule has 0 amide bonds. The fourth-order valence-corrected chi connectivity index (χ4v) is 2.56. The monoisotopic (exact) mass is 406 g/mol. The molecule has 0 aliphatic carbocycles. The van der Waals surface area contributed by atoms with E-state index in [9.17, 15) is 13.2 Å². The Morgan fingerprint density at radius 3 is 2.40 bits per heavy atom. The average molecular weight is 406 g/mol. The summed E-state index contributed by atoms with van der Waals surface area (Å²) >= 11 is 0. The summed E-state index contributed by atoms with van der Waals surface area (Å²) in [6.07, 6.45) is -2.44. The molecule has 20 heavy (non-hydrogen) atoms. The number of halogens is 4. The van der Waals surface area contributed by atoms with Gasteiger partial charge >= 0.3 is 6.18 Å². The first-order chi connectivity index (χ1) is 8.94. The van der Waals surface area contributed by atoms with E-state index in [1.165, 1.54) is 4.90 Å². The molecule has 4 nitrogen and oxygen atoms in total. The number of nitrogens with zero attached hydrogens (tertiary/aromatic N) is 3. The standard InChI is InChI=1S/C12H21F3N4.HI/c1-18-7-4-16-11(18)17-8-10-2-5-19(6-3-10)9-12(13,14)15;/h10H,2-9H2,1H3,(H,16,17);1H. The molecule has 0 radical (unpaired) electrons. The second kappa shape index (κ2) is 7.67. The highest BCUT2D eigenvalue weighted by molar-refractivity contribution is 14.0. The first-order valence-electron chi connectivity index (χ1n) is 6.72. The molecule has 1 saturated heterocycles. The summed E-state index contributed by atoms with van der Waals surface area (Å²) in [5.74, 6) is 1.36. The number of likely N-dealkylation sites (N-methyl/N-ethyl adjacent to an activating group) is 1. The Morgan fingerprint density at radius 2 is 1.90 bits per heavy atom. The van der Waals surface area contributed by atoms with Crippen LogP contribution in [-0.4, -0.2) is 68.3 Å². The van der Waals surface area contributed by atoms with Crippen LogP contribution in [0.15, 0.2) is 4.99 Å². The maximum absolute atomic E-state index is 12.3. The van der Waals surface area contributed by atoms with E-state index >= 15 is 0 Å². The maximum atomic E-state index is 12.3. The van der Waals surface area contributed by atoms with Gasteiger partial charge in [0.15, 0.2) is 5.96 Å². The number of guanidine groups is 1. The lowest BCUT2D eigenvalue weighted by molar-refractivity contribution is -0.148. The maximum Gasteiger partial charge on any atom is 0.401 e. The van der Waals surface area contributed by atoms with Gasteiger partial charge in [-0.2, -0.15) is 13.2 Å². The van der Waals surface area contributed by atoms with Crippen LogP contribution >= 0.6 is 24.0 Å². The lowest BCUT2D eigenvalue weighted by atomic mass is 9.97. The van der Waals surface area contributed by atoms with Gasteiger partial charge in [0.1, 0.15) is 0 Å². The average Bonchev–Trinajstić information content (AvgIpc) is 2.72. The van der Waals surface area contributed by atoms with Crippen LogP contribution in [-0.2, 0) is 0 Å². The number of likely N-dealkylation sites (tertiary alicyclic amines) is 1. The van der Waals surface area contributed by atoms with Crippen molar-refractivity contribution in [3.8, 4) is 0 Å². The molecule has 0 bridgehead atoms. The molecule has 0 unspecified atom stereocenters. The van der Waals surface area contributed by atoms with Crippen molar-refractivity contribution in [1.29, 1.82) is 0 Å². The summed E-state index contributed by atoms with van der Waals surface area (Å²) in [5.41, 5.74) is 0. The molecular weight excluding hydrogens is 384 g/mol. The molecule has 0 saturated carbocycles. The molecule has 2 aliphatic rings. The zero-order chi connectivity index (χ0) is 13.9. The molecule has 118 valence electrons. The molecule has 0 aromatic carbocycles. The van der Waals surface area contributed by atoms with Crippen molar-refractivity contribution in [3.05, 3.63) is 0 Å². The molecular formula is C12H22F3IN4. The van der Waals surface area contributed by atoms with E-state index in [1.54, 1.807) is 0 Å². The quantitative estimate of drug-likeness (QED) is 0.726. The summed E-state index contributed by atoms with van der Waals surface area (Å²) in [6, 6.07) is 0. The van der Waals surface area contributed by atoms with E-state index < -0.39 is 12.7 Å². The molecule has 1 N–H and O–H groups in total. The second-order valence-electron chi connectivity index (χ2n) is 5.34. The topological polar surface area (TPSA) is 30.9 Å². The van der Waals surface area contributed by atoms with E-state index in [0.29, 0.717) is 19.0 Å². The molecule has 0 atom stereocenters. The van der Waals surface area contributed by atoms with Gasteiger partial charge in [-0.1, -0.05) is 0 Å². The zero-order valence-corrected chi connectivity index (χ0v) is 13.9. The molecule has 8 heteroatoms. The number of piperidine rings is 1. The molecule has 0 aromatic heterocycles. The van der Waals surface area contributed by atoms with Crippen molar-refractivity contribution in [2.45, 2.75) is 19.0 Å². The predicted octanol–water partition coefficient (Wildman–Crippen LogP) is 1.77. The Bertz CT molecular complexity index is 327.